The van der Waals surface area contributed by atoms with Crippen LogP contribution in [0.5, 0.6) is 0 Å². The van der Waals surface area contributed by atoms with Crippen molar-refractivity contribution < 1.29 is 28.0 Å². The summed E-state index contributed by atoms with van der Waals surface area (Å²) in [6.45, 7) is 0. The summed E-state index contributed by atoms with van der Waals surface area (Å²) >= 11 is 0.950. The van der Waals surface area contributed by atoms with Crippen molar-refractivity contribution in [1.82, 2.24) is 4.98 Å². The number of amides is 1. The van der Waals surface area contributed by atoms with Crippen molar-refractivity contribution in [3.63, 3.8) is 0 Å². The molecule has 0 aliphatic rings. The van der Waals surface area contributed by atoms with Gasteiger partial charge in [-0.05, 0) is 24.3 Å². The summed E-state index contributed by atoms with van der Waals surface area (Å²) in [4.78, 5) is 38.5. The summed E-state index contributed by atoms with van der Waals surface area (Å²) in [7, 11) is 1.10. The van der Waals surface area contributed by atoms with Crippen LogP contribution in [0.3, 0.4) is 0 Å². The van der Waals surface area contributed by atoms with Gasteiger partial charge in [-0.15, -0.1) is 11.3 Å². The van der Waals surface area contributed by atoms with Crippen molar-refractivity contribution in [3.05, 3.63) is 74.7 Å². The summed E-state index contributed by atoms with van der Waals surface area (Å²) in [5.41, 5.74) is -0.789. The van der Waals surface area contributed by atoms with Gasteiger partial charge < -0.3 is 4.74 Å². The molecule has 0 saturated heterocycles. The number of halogens is 2. The van der Waals surface area contributed by atoms with E-state index in [1.807, 2.05) is 0 Å². The molecule has 1 N–H and O–H groups in total. The molecule has 0 radical (unpaired) electrons. The molecule has 0 aliphatic heterocycles. The number of nitro groups is 1. The number of nitrogens with zero attached hydrogens (tertiary/aromatic N) is 2. The Morgan fingerprint density at radius 3 is 2.59 bits per heavy atom. The number of rotatable bonds is 5. The number of non-ortho nitro benzene ring substituents is 1. The molecule has 0 aliphatic carbocycles. The van der Waals surface area contributed by atoms with E-state index in [1.54, 1.807) is 0 Å². The van der Waals surface area contributed by atoms with Gasteiger partial charge in [0.15, 0.2) is 5.13 Å². The number of methoxy groups -OCH3 is 1. The summed E-state index contributed by atoms with van der Waals surface area (Å²) in [6.07, 6.45) is 0. The first kappa shape index (κ1) is 20.0. The van der Waals surface area contributed by atoms with Gasteiger partial charge in [-0.3, -0.25) is 20.2 Å². The Bertz CT molecular complexity index is 1130. The second-order valence-electron chi connectivity index (χ2n) is 5.63. The van der Waals surface area contributed by atoms with Gasteiger partial charge in [-0.2, -0.15) is 0 Å². The molecule has 8 nitrogen and oxygen atoms in total. The van der Waals surface area contributed by atoms with Gasteiger partial charge >= 0.3 is 5.97 Å². The molecule has 0 fully saturated rings. The lowest BCUT2D eigenvalue weighted by Gasteiger charge is -2.05. The predicted octanol–water partition coefficient (Wildman–Crippen LogP) is 4.04. The summed E-state index contributed by atoms with van der Waals surface area (Å²) in [5.74, 6) is -2.96. The van der Waals surface area contributed by atoms with Gasteiger partial charge in [0.25, 0.3) is 11.6 Å². The SMILES string of the molecule is COC(=O)c1cc(C(=O)Nc2nc(-c3cc(F)ccc3F)cs2)cc([N+](=O)[O-])c1. The maximum Gasteiger partial charge on any atom is 0.338 e. The Hall–Kier alpha value is -3.73. The molecule has 1 heterocycles. The molecule has 0 spiro atoms. The average Bonchev–Trinajstić information content (AvgIpc) is 3.16. The number of anilines is 1. The normalized spacial score (nSPS) is 10.4. The van der Waals surface area contributed by atoms with E-state index in [1.165, 1.54) is 5.38 Å². The second-order valence-corrected chi connectivity index (χ2v) is 6.49. The lowest BCUT2D eigenvalue weighted by molar-refractivity contribution is -0.384. The van der Waals surface area contributed by atoms with Gasteiger partial charge in [0, 0.05) is 28.6 Å². The molecule has 11 heteroatoms. The van der Waals surface area contributed by atoms with Crippen LogP contribution in [0.2, 0.25) is 0 Å². The highest BCUT2D eigenvalue weighted by atomic mass is 32.1. The molecular weight excluding hydrogens is 408 g/mol. The Labute approximate surface area is 165 Å². The van der Waals surface area contributed by atoms with Gasteiger partial charge in [-0.25, -0.2) is 18.6 Å². The minimum Gasteiger partial charge on any atom is -0.465 e. The van der Waals surface area contributed by atoms with Crippen LogP contribution in [0.4, 0.5) is 19.6 Å². The molecule has 3 rings (SSSR count). The molecule has 3 aromatic rings. The summed E-state index contributed by atoms with van der Waals surface area (Å²) in [5, 5.41) is 14.9. The van der Waals surface area contributed by atoms with Crippen molar-refractivity contribution >= 4 is 34.0 Å². The first-order chi connectivity index (χ1) is 13.8. The third-order valence-corrected chi connectivity index (χ3v) is 4.50. The Morgan fingerprint density at radius 1 is 1.17 bits per heavy atom. The van der Waals surface area contributed by atoms with E-state index in [4.69, 9.17) is 0 Å². The van der Waals surface area contributed by atoms with Gasteiger partial charge in [0.1, 0.15) is 11.6 Å². The number of hydrogen-bond donors (Lipinski definition) is 1. The van der Waals surface area contributed by atoms with E-state index >= 15 is 0 Å². The smallest absolute Gasteiger partial charge is 0.338 e. The van der Waals surface area contributed by atoms with Crippen LogP contribution in [0.25, 0.3) is 11.3 Å². The number of carbonyl (C=O) groups is 2. The zero-order valence-electron chi connectivity index (χ0n) is 14.6. The van der Waals surface area contributed by atoms with Crippen molar-refractivity contribution in [2.24, 2.45) is 0 Å². The van der Waals surface area contributed by atoms with E-state index in [2.05, 4.69) is 15.0 Å². The Balaban J connectivity index is 1.88. The monoisotopic (exact) mass is 419 g/mol. The summed E-state index contributed by atoms with van der Waals surface area (Å²) < 4.78 is 31.7. The van der Waals surface area contributed by atoms with E-state index in [0.717, 1.165) is 54.8 Å². The molecule has 1 amide bonds. The quantitative estimate of drug-likeness (QED) is 0.380. The van der Waals surface area contributed by atoms with Crippen LogP contribution in [0.1, 0.15) is 20.7 Å². The molecule has 0 bridgehead atoms. The molecule has 0 unspecified atom stereocenters. The number of thiazole rings is 1. The van der Waals surface area contributed by atoms with Crippen LogP contribution in [0.15, 0.2) is 41.8 Å². The van der Waals surface area contributed by atoms with Crippen molar-refractivity contribution in [2.75, 3.05) is 12.4 Å². The van der Waals surface area contributed by atoms with E-state index in [-0.39, 0.29) is 27.5 Å². The Morgan fingerprint density at radius 2 is 1.90 bits per heavy atom. The van der Waals surface area contributed by atoms with E-state index < -0.39 is 34.1 Å². The van der Waals surface area contributed by atoms with Crippen LogP contribution >= 0.6 is 11.3 Å². The molecule has 0 atom stereocenters. The number of esters is 1. The van der Waals surface area contributed by atoms with E-state index in [0.29, 0.717) is 0 Å². The lowest BCUT2D eigenvalue weighted by atomic mass is 10.1. The van der Waals surface area contributed by atoms with Crippen LogP contribution in [0, 0.1) is 21.7 Å². The van der Waals surface area contributed by atoms with E-state index in [9.17, 15) is 28.5 Å². The average molecular weight is 419 g/mol. The van der Waals surface area contributed by atoms with Crippen LogP contribution < -0.4 is 5.32 Å². The first-order valence-electron chi connectivity index (χ1n) is 7.88. The largest absolute Gasteiger partial charge is 0.465 e. The molecular formula is C18H11F2N3O5S. The highest BCUT2D eigenvalue weighted by Gasteiger charge is 2.19. The number of carbonyl (C=O) groups excluding carboxylic acids is 2. The second kappa shape index (κ2) is 8.10. The minimum atomic E-state index is -0.846. The first-order valence-corrected chi connectivity index (χ1v) is 8.76. The molecule has 2 aromatic carbocycles. The number of hydrogen-bond acceptors (Lipinski definition) is 7. The molecule has 1 aromatic heterocycles. The maximum atomic E-state index is 13.9. The highest BCUT2D eigenvalue weighted by molar-refractivity contribution is 7.14. The number of nitro benzene ring substituents is 1. The number of aromatic nitrogens is 1. The van der Waals surface area contributed by atoms with Crippen molar-refractivity contribution in [1.29, 1.82) is 0 Å². The van der Waals surface area contributed by atoms with Crippen LogP contribution in [-0.2, 0) is 4.74 Å². The topological polar surface area (TPSA) is 111 Å². The fourth-order valence-corrected chi connectivity index (χ4v) is 3.11. The maximum absolute atomic E-state index is 13.9. The van der Waals surface area contributed by atoms with Crippen molar-refractivity contribution in [3.8, 4) is 11.3 Å². The van der Waals surface area contributed by atoms with Gasteiger partial charge in [0.05, 0.1) is 23.3 Å². The van der Waals surface area contributed by atoms with Crippen LogP contribution in [-0.4, -0.2) is 28.9 Å². The number of ether oxygens (including phenoxy) is 1. The third kappa shape index (κ3) is 4.41. The van der Waals surface area contributed by atoms with Gasteiger partial charge in [0.2, 0.25) is 0 Å². The van der Waals surface area contributed by atoms with Crippen molar-refractivity contribution in [2.45, 2.75) is 0 Å². The fraction of sp³-hybridized carbons (Fsp3) is 0.0556. The predicted molar refractivity (Wildman–Crippen MR) is 99.9 cm³/mol. The fourth-order valence-electron chi connectivity index (χ4n) is 2.40. The number of benzene rings is 2. The molecule has 148 valence electrons. The number of nitrogens with one attached hydrogen (secondary N) is 1. The zero-order chi connectivity index (χ0) is 21.1. The standard InChI is InChI=1S/C18H11F2N3O5S/c1-28-17(25)10-4-9(5-12(6-10)23(26)27)16(24)22-18-21-15(8-29-18)13-7-11(19)2-3-14(13)20/h2-8H,1H3,(H,21,22,24). The van der Waals surface area contributed by atoms with Gasteiger partial charge in [-0.1, -0.05) is 0 Å². The molecule has 29 heavy (non-hydrogen) atoms. The highest BCUT2D eigenvalue weighted by Crippen LogP contribution is 2.28. The minimum absolute atomic E-state index is 0.0554. The molecule has 0 saturated carbocycles. The lowest BCUT2D eigenvalue weighted by Crippen LogP contribution is -2.14. The summed E-state index contributed by atoms with van der Waals surface area (Å²) in [6, 6.07) is 6.00. The third-order valence-electron chi connectivity index (χ3n) is 3.74. The Kier molecular flexibility index (Phi) is 5.59. The zero-order valence-corrected chi connectivity index (χ0v) is 15.5.